The molecule has 1 unspecified atom stereocenters. The topological polar surface area (TPSA) is 38.8 Å². The van der Waals surface area contributed by atoms with Gasteiger partial charge in [0.1, 0.15) is 5.58 Å². The number of nitrogens with zero attached hydrogens (tertiary/aromatic N) is 1. The number of ether oxygens (including phenoxy) is 1. The summed E-state index contributed by atoms with van der Waals surface area (Å²) in [7, 11) is 0.447. The van der Waals surface area contributed by atoms with E-state index in [1.807, 2.05) is 6.07 Å². The van der Waals surface area contributed by atoms with Gasteiger partial charge in [-0.05, 0) is 55.7 Å². The van der Waals surface area contributed by atoms with E-state index in [1.165, 1.54) is 5.56 Å². The van der Waals surface area contributed by atoms with E-state index in [1.54, 1.807) is 7.11 Å². The number of methoxy groups -OCH3 is 1. The van der Waals surface area contributed by atoms with Crippen LogP contribution in [0.2, 0.25) is 0 Å². The molecule has 3 aromatic rings. The van der Waals surface area contributed by atoms with Crippen LogP contribution in [0.3, 0.4) is 0 Å². The van der Waals surface area contributed by atoms with Gasteiger partial charge in [0.05, 0.1) is 7.11 Å². The number of rotatable bonds is 4. The molecule has 1 aromatic heterocycles. The van der Waals surface area contributed by atoms with Crippen LogP contribution >= 0.6 is 8.16 Å². The summed E-state index contributed by atoms with van der Waals surface area (Å²) in [6.45, 7) is 12.3. The van der Waals surface area contributed by atoms with Crippen molar-refractivity contribution in [1.82, 2.24) is 0 Å². The maximum absolute atomic E-state index is 6.42. The van der Waals surface area contributed by atoms with Gasteiger partial charge in [-0.15, -0.1) is 0 Å². The summed E-state index contributed by atoms with van der Waals surface area (Å²) in [5.74, 6) is 0.755. The molecule has 3 rings (SSSR count). The number of benzene rings is 2. The van der Waals surface area contributed by atoms with E-state index in [9.17, 15) is 0 Å². The molecule has 1 heterocycles. The molecule has 0 radical (unpaired) electrons. The van der Waals surface area contributed by atoms with Crippen LogP contribution in [-0.4, -0.2) is 20.2 Å². The van der Waals surface area contributed by atoms with E-state index in [2.05, 4.69) is 57.5 Å². The van der Waals surface area contributed by atoms with Gasteiger partial charge in [0, 0.05) is 23.9 Å². The first-order chi connectivity index (χ1) is 12.0. The molecule has 134 valence electrons. The zero-order valence-corrected chi connectivity index (χ0v) is 16.7. The lowest BCUT2D eigenvalue weighted by Crippen LogP contribution is -2.17. The molecule has 2 aromatic carbocycles. The summed E-state index contributed by atoms with van der Waals surface area (Å²) in [6, 6.07) is 8.50. The van der Waals surface area contributed by atoms with Gasteiger partial charge in [-0.2, -0.15) is 0 Å². The second-order valence-corrected chi connectivity index (χ2v) is 7.77. The molecular formula is C20H26NO3P. The van der Waals surface area contributed by atoms with Gasteiger partial charge in [-0.1, -0.05) is 19.9 Å². The highest BCUT2D eigenvalue weighted by Gasteiger charge is 2.16. The molecule has 0 saturated heterocycles. The molecule has 25 heavy (non-hydrogen) atoms. The van der Waals surface area contributed by atoms with Gasteiger partial charge in [-0.25, -0.2) is 4.67 Å². The fourth-order valence-electron chi connectivity index (χ4n) is 3.21. The molecule has 0 aliphatic carbocycles. The smallest absolute Gasteiger partial charge is 0.309 e. The van der Waals surface area contributed by atoms with Crippen LogP contribution in [0.15, 0.2) is 32.7 Å². The van der Waals surface area contributed by atoms with Gasteiger partial charge in [0.15, 0.2) is 11.3 Å². The van der Waals surface area contributed by atoms with Crippen molar-refractivity contribution in [3.63, 3.8) is 0 Å². The maximum Gasteiger partial charge on any atom is 0.309 e. The molecule has 0 saturated carbocycles. The van der Waals surface area contributed by atoms with E-state index >= 15 is 0 Å². The standard InChI is InChI=1S/C20H26NO3P/c1-7-21(8-2)25-23-19-15(5)9-13(3)10-16(19)17-11-14(4)12-18(22-6)20(17)24-25/h9-12H,7-8H2,1-6H3. The summed E-state index contributed by atoms with van der Waals surface area (Å²) >= 11 is 0. The Hall–Kier alpha value is -1.90. The number of hydrogen-bond acceptors (Lipinski definition) is 4. The van der Waals surface area contributed by atoms with Crippen LogP contribution in [0.4, 0.5) is 0 Å². The summed E-state index contributed by atoms with van der Waals surface area (Å²) in [5, 5.41) is 2.11. The van der Waals surface area contributed by atoms with Crippen molar-refractivity contribution in [2.75, 3.05) is 24.9 Å². The molecule has 0 aliphatic rings. The third-order valence-corrected chi connectivity index (χ3v) is 6.13. The highest BCUT2D eigenvalue weighted by Crippen LogP contribution is 2.41. The quantitative estimate of drug-likeness (QED) is 0.556. The van der Waals surface area contributed by atoms with Crippen LogP contribution < -0.4 is 9.41 Å². The van der Waals surface area contributed by atoms with E-state index < -0.39 is 8.16 Å². The molecular weight excluding hydrogens is 333 g/mol. The van der Waals surface area contributed by atoms with Crippen molar-refractivity contribution in [3.8, 4) is 5.75 Å². The van der Waals surface area contributed by atoms with Crippen molar-refractivity contribution >= 4 is 30.1 Å². The summed E-state index contributed by atoms with van der Waals surface area (Å²) in [6.07, 6.45) is 0. The molecule has 5 heteroatoms. The Bertz CT molecular complexity index is 959. The van der Waals surface area contributed by atoms with Crippen LogP contribution in [0, 0.1) is 20.8 Å². The number of hydrogen-bond donors (Lipinski definition) is 0. The Balaban J connectivity index is 2.58. The average molecular weight is 359 g/mol. The lowest BCUT2D eigenvalue weighted by molar-refractivity contribution is 0.412. The second kappa shape index (κ2) is 7.15. The molecule has 1 atom stereocenters. The number of aryl methyl sites for hydroxylation is 3. The van der Waals surface area contributed by atoms with E-state index in [0.29, 0.717) is 0 Å². The van der Waals surface area contributed by atoms with Crippen molar-refractivity contribution in [2.24, 2.45) is 0 Å². The van der Waals surface area contributed by atoms with Gasteiger partial charge in [-0.3, -0.25) is 0 Å². The first-order valence-corrected chi connectivity index (χ1v) is 9.82. The highest BCUT2D eigenvalue weighted by molar-refractivity contribution is 7.38. The first-order valence-electron chi connectivity index (χ1n) is 8.69. The Morgan fingerprint density at radius 2 is 1.44 bits per heavy atom. The minimum atomic E-state index is -1.24. The Labute approximate surface area is 150 Å². The molecule has 0 aliphatic heterocycles. The van der Waals surface area contributed by atoms with E-state index in [4.69, 9.17) is 13.1 Å². The fourth-order valence-corrected chi connectivity index (χ4v) is 4.68. The molecule has 0 spiro atoms. The predicted molar refractivity (Wildman–Crippen MR) is 106 cm³/mol. The van der Waals surface area contributed by atoms with E-state index in [0.717, 1.165) is 51.9 Å². The van der Waals surface area contributed by atoms with Crippen molar-refractivity contribution in [2.45, 2.75) is 34.6 Å². The fraction of sp³-hybridized carbons (Fsp3) is 0.400. The SMILES string of the molecule is CCN(CC)p1oc2c(C)cc(C)cc2c2cc(C)cc(OC)c2o1. The van der Waals surface area contributed by atoms with Crippen LogP contribution in [0.25, 0.3) is 21.9 Å². The van der Waals surface area contributed by atoms with E-state index in [-0.39, 0.29) is 0 Å². The lowest BCUT2D eigenvalue weighted by Gasteiger charge is -2.13. The van der Waals surface area contributed by atoms with Crippen LogP contribution in [0.1, 0.15) is 30.5 Å². The van der Waals surface area contributed by atoms with Gasteiger partial charge in [0.2, 0.25) is 0 Å². The molecule has 4 nitrogen and oxygen atoms in total. The monoisotopic (exact) mass is 359 g/mol. The largest absolute Gasteiger partial charge is 0.493 e. The van der Waals surface area contributed by atoms with Gasteiger partial charge in [0.25, 0.3) is 0 Å². The molecule has 0 N–H and O–H groups in total. The van der Waals surface area contributed by atoms with Crippen LogP contribution in [0.5, 0.6) is 5.75 Å². The Morgan fingerprint density at radius 3 is 2.04 bits per heavy atom. The predicted octanol–water partition coefficient (Wildman–Crippen LogP) is 6.20. The average Bonchev–Trinajstić information content (AvgIpc) is 2.73. The Kier molecular flexibility index (Phi) is 5.12. The zero-order chi connectivity index (χ0) is 18.1. The maximum atomic E-state index is 6.42. The molecule has 0 amide bonds. The minimum Gasteiger partial charge on any atom is -0.493 e. The van der Waals surface area contributed by atoms with Crippen molar-refractivity contribution in [3.05, 3.63) is 41.0 Å². The van der Waals surface area contributed by atoms with Gasteiger partial charge >= 0.3 is 8.16 Å². The second-order valence-electron chi connectivity index (χ2n) is 6.36. The summed E-state index contributed by atoms with van der Waals surface area (Å²) in [4.78, 5) is 0. The molecule has 0 fully saturated rings. The van der Waals surface area contributed by atoms with Crippen molar-refractivity contribution < 1.29 is 13.1 Å². The minimum absolute atomic E-state index is 0.755. The summed E-state index contributed by atoms with van der Waals surface area (Å²) < 4.78 is 20.7. The lowest BCUT2D eigenvalue weighted by atomic mass is 10.0. The first kappa shape index (κ1) is 17.9. The molecule has 0 bridgehead atoms. The zero-order valence-electron chi connectivity index (χ0n) is 15.8. The van der Waals surface area contributed by atoms with Crippen molar-refractivity contribution in [1.29, 1.82) is 0 Å². The van der Waals surface area contributed by atoms with Gasteiger partial charge < -0.3 is 13.1 Å². The Morgan fingerprint density at radius 1 is 0.880 bits per heavy atom. The van der Waals surface area contributed by atoms with Crippen LogP contribution in [-0.2, 0) is 0 Å². The number of fused-ring (bicyclic) bond motifs is 3. The third kappa shape index (κ3) is 3.29. The third-order valence-electron chi connectivity index (χ3n) is 4.43. The normalized spacial score (nSPS) is 12.2. The highest BCUT2D eigenvalue weighted by atomic mass is 31.1. The summed E-state index contributed by atoms with van der Waals surface area (Å²) in [5.41, 5.74) is 5.16.